The van der Waals surface area contributed by atoms with Crippen molar-refractivity contribution in [2.75, 3.05) is 35.3 Å². The van der Waals surface area contributed by atoms with E-state index in [1.54, 1.807) is 0 Å². The van der Waals surface area contributed by atoms with Gasteiger partial charge in [0.2, 0.25) is 14.3 Å². The molecule has 0 saturated carbocycles. The molecule has 6 heterocycles. The number of fused-ring (bicyclic) bond motifs is 2. The lowest BCUT2D eigenvalue weighted by atomic mass is 10.1. The van der Waals surface area contributed by atoms with Crippen LogP contribution in [0.15, 0.2) is 46.8 Å². The zero-order chi connectivity index (χ0) is 47.6. The van der Waals surface area contributed by atoms with Crippen molar-refractivity contribution in [1.29, 1.82) is 24.8 Å². The number of nitrogen functional groups attached to an aromatic ring is 2. The highest BCUT2D eigenvalue weighted by Crippen LogP contribution is 2.31. The Morgan fingerprint density at radius 2 is 1.28 bits per heavy atom. The normalized spacial score (nSPS) is 26.3. The summed E-state index contributed by atoms with van der Waals surface area (Å²) >= 11 is 0. The van der Waals surface area contributed by atoms with E-state index >= 15 is 0 Å². The van der Waals surface area contributed by atoms with Crippen LogP contribution in [-0.2, 0) is 0 Å². The summed E-state index contributed by atoms with van der Waals surface area (Å²) in [5, 5.41) is 38.4. The largest absolute Gasteiger partial charge is 0.412 e. The third kappa shape index (κ3) is 6.57. The Balaban J connectivity index is 0.000000365. The maximum atomic E-state index is 12.5. The van der Waals surface area contributed by atoms with Crippen LogP contribution in [0, 0.1) is 22.7 Å². The van der Waals surface area contributed by atoms with Gasteiger partial charge in [-0.3, -0.25) is 18.3 Å². The van der Waals surface area contributed by atoms with Gasteiger partial charge in [-0.2, -0.15) is 20.5 Å². The summed E-state index contributed by atoms with van der Waals surface area (Å²) in [7, 11) is 0. The van der Waals surface area contributed by atoms with Gasteiger partial charge < -0.3 is 58.9 Å². The van der Waals surface area contributed by atoms with E-state index < -0.39 is 48.0 Å². The maximum absolute atomic E-state index is 12.5. The van der Waals surface area contributed by atoms with Gasteiger partial charge in [0.15, 0.2) is 19.9 Å². The molecule has 23 heteroatoms. The highest BCUT2D eigenvalue weighted by Gasteiger charge is 2.39. The molecule has 0 saturated heterocycles. The Morgan fingerprint density at radius 3 is 1.60 bits per heavy atom. The summed E-state index contributed by atoms with van der Waals surface area (Å²) in [5.41, 5.74) is 6.73. The third-order valence-corrected chi connectivity index (χ3v) is 6.78. The highest BCUT2D eigenvalue weighted by molar-refractivity contribution is 5.53. The van der Waals surface area contributed by atoms with E-state index in [-0.39, 0.29) is 59.3 Å². The molecule has 47 heavy (non-hydrogen) atoms. The average Bonchev–Trinajstić information content (AvgIpc) is 3.89. The number of aromatic nitrogens is 8. The molecule has 16 N–H and O–H groups in total. The second kappa shape index (κ2) is 14.9. The summed E-state index contributed by atoms with van der Waals surface area (Å²) in [6, 6.07) is 4.17. The van der Waals surface area contributed by atoms with Gasteiger partial charge in [0, 0.05) is 12.4 Å². The van der Waals surface area contributed by atoms with Crippen LogP contribution >= 0.6 is 0 Å². The van der Waals surface area contributed by atoms with Crippen LogP contribution in [0.4, 0.5) is 23.3 Å². The maximum Gasteiger partial charge on any atom is 0.351 e. The zero-order valence-electron chi connectivity index (χ0n) is 39.3. The fraction of sp³-hybridized carbons (Fsp3) is 0.333. The number of anilines is 4. The Kier molecular flexibility index (Phi) is 6.20. The number of aliphatic hydroxyl groups excluding tert-OH is 4. The molecule has 0 aliphatic carbocycles. The minimum absolute atomic E-state index is 0.0384. The molecule has 0 amide bonds. The van der Waals surface area contributed by atoms with Crippen LogP contribution in [0.5, 0.6) is 0 Å². The van der Waals surface area contributed by atoms with Gasteiger partial charge in [0.1, 0.15) is 59.9 Å². The van der Waals surface area contributed by atoms with Crippen LogP contribution in [-0.4, -0.2) is 127 Å². The summed E-state index contributed by atoms with van der Waals surface area (Å²) < 4.78 is 111. The van der Waals surface area contributed by atoms with Crippen molar-refractivity contribution in [1.82, 2.24) is 38.2 Å². The number of hydrogen-bond acceptors (Lipinski definition) is 16. The van der Waals surface area contributed by atoms with Crippen molar-refractivity contribution in [3.8, 4) is 12.1 Å². The van der Waals surface area contributed by atoms with E-state index in [1.165, 1.54) is 46.3 Å². The lowest BCUT2D eigenvalue weighted by Gasteiger charge is -2.37. The summed E-state index contributed by atoms with van der Waals surface area (Å²) in [6.45, 7) is -0.680. The quantitative estimate of drug-likeness (QED) is 0.0774. The van der Waals surface area contributed by atoms with Crippen LogP contribution in [0.3, 0.4) is 0 Å². The number of aliphatic hydroxyl groups is 4. The zero-order valence-corrected chi connectivity index (χ0v) is 23.3. The first kappa shape index (κ1) is 19.6. The van der Waals surface area contributed by atoms with Gasteiger partial charge in [-0.15, -0.1) is 0 Å². The molecule has 23 nitrogen and oxygen atoms in total. The van der Waals surface area contributed by atoms with Gasteiger partial charge in [-0.25, -0.2) is 19.6 Å². The number of nitrogens with one attached hydrogen (secondary N) is 2. The Hall–Kier alpha value is -5.92. The molecule has 2 aliphatic rings. The Labute approximate surface area is 286 Å². The van der Waals surface area contributed by atoms with Gasteiger partial charge in [0.05, 0.1) is 38.0 Å². The van der Waals surface area contributed by atoms with Gasteiger partial charge in [-0.1, -0.05) is 0 Å². The fourth-order valence-electron chi connectivity index (χ4n) is 4.74. The molecular formula is C24H32N14O9. The predicted molar refractivity (Wildman–Crippen MR) is 160 cm³/mol. The molecule has 0 unspecified atom stereocenters. The number of imidazole rings is 2. The number of nitrogens with zero attached hydrogens (tertiary/aromatic N) is 10. The van der Waals surface area contributed by atoms with E-state index in [2.05, 4.69) is 46.6 Å². The van der Waals surface area contributed by atoms with Crippen molar-refractivity contribution in [3.63, 3.8) is 0 Å². The lowest BCUT2D eigenvalue weighted by molar-refractivity contribution is 0.0478. The van der Waals surface area contributed by atoms with E-state index in [0.717, 1.165) is 19.8 Å². The number of nitrogens with two attached hydrogens (primary N) is 2. The summed E-state index contributed by atoms with van der Waals surface area (Å²) in [6.07, 6.45) is 0.526. The second-order valence-electron chi connectivity index (χ2n) is 9.31. The van der Waals surface area contributed by atoms with Crippen LogP contribution in [0.2, 0.25) is 8.47 Å². The molecular weight excluding hydrogens is 628 g/mol. The first-order valence-electron chi connectivity index (χ1n) is 19.3. The second-order valence-corrected chi connectivity index (χ2v) is 9.31. The molecule has 0 fully saturated rings. The summed E-state index contributed by atoms with van der Waals surface area (Å²) in [5.74, 6) is -0.355. The van der Waals surface area contributed by atoms with Gasteiger partial charge >= 0.3 is 11.4 Å². The lowest BCUT2D eigenvalue weighted by Crippen LogP contribution is -2.51. The SMILES string of the molecule is [2H]OC[C@@H]1[C@H](O[2H])[C@H](n2ccc(N([2H])[2H])nc2=O)n2cnc(C#N)c2N1[2H].[2H]OC[C@@H]1[C@H](O[2H])[C@H](n2ccc(N([2H])[2H])nc2=O)n2cnc(C#N)c2N1[2H].[2H]O[2H].[2H]O[2H].[2H]O[2H]. The molecule has 4 aromatic rings. The molecule has 0 aromatic carbocycles. The Morgan fingerprint density at radius 1 is 0.851 bits per heavy atom. The van der Waals surface area contributed by atoms with Crippen molar-refractivity contribution in [2.45, 2.75) is 36.6 Å². The first-order valence-corrected chi connectivity index (χ1v) is 12.5. The third-order valence-electron chi connectivity index (χ3n) is 6.78. The molecule has 0 radical (unpaired) electrons. The molecule has 252 valence electrons. The molecule has 6 atom stereocenters. The standard InChI is InChI=1S/2C12H13N7O3.3H2O/c2*13-3-6-10-16-7(4-20)9(21)11(19(10)5-15-6)18-2-1-8(14)17-12(18)22;;;/h2*1-2,5,7,9,11,16,20-21H,4H2,(H2,14,17,22);3*1H2/t2*7-,9+,11-;;;/m11.../s1/i2*20D,21D;;;/hD12. The molecule has 6 rings (SSSR count). The smallest absolute Gasteiger partial charge is 0.351 e. The minimum atomic E-state index is -1.16. The average molecular weight is 677 g/mol. The van der Waals surface area contributed by atoms with E-state index in [4.69, 9.17) is 33.0 Å². The van der Waals surface area contributed by atoms with Crippen LogP contribution < -0.4 is 33.4 Å². The number of rotatable bonds is 10. The topological polar surface area (TPSA) is 405 Å². The highest BCUT2D eigenvalue weighted by atomic mass is 16.3. The van der Waals surface area contributed by atoms with Crippen LogP contribution in [0.25, 0.3) is 0 Å². The monoisotopic (exact) mass is 676 g/mol. The molecule has 4 aromatic heterocycles. The van der Waals surface area contributed by atoms with Crippen molar-refractivity contribution < 1.29 is 45.3 Å². The van der Waals surface area contributed by atoms with Crippen molar-refractivity contribution in [2.24, 2.45) is 0 Å². The predicted octanol–water partition coefficient (Wildman–Crippen LogP) is -6.30. The van der Waals surface area contributed by atoms with Crippen LogP contribution in [0.1, 0.15) is 23.7 Å². The molecule has 2 aliphatic heterocycles. The van der Waals surface area contributed by atoms with E-state index in [0.29, 0.717) is 0 Å². The number of hydrogen-bond donors (Lipinski definition) is 8. The first-order chi connectivity index (χ1) is 30.1. The Bertz CT molecular complexity index is 2080. The summed E-state index contributed by atoms with van der Waals surface area (Å²) in [4.78, 5) is 40.0. The fourth-order valence-corrected chi connectivity index (χ4v) is 4.74. The van der Waals surface area contributed by atoms with Gasteiger partial charge in [-0.05, 0) is 12.1 Å². The minimum Gasteiger partial charge on any atom is -0.412 e. The molecule has 0 spiro atoms. The van der Waals surface area contributed by atoms with Gasteiger partial charge in [0.25, 0.3) is 0 Å². The molecule has 0 bridgehead atoms. The van der Waals surface area contributed by atoms with Crippen molar-refractivity contribution in [3.05, 3.63) is 69.5 Å². The number of nitriles is 2. The van der Waals surface area contributed by atoms with E-state index in [1.807, 2.05) is 12.1 Å². The van der Waals surface area contributed by atoms with E-state index in [9.17, 15) is 20.1 Å². The van der Waals surface area contributed by atoms with Crippen molar-refractivity contribution >= 4 is 23.3 Å².